The predicted octanol–water partition coefficient (Wildman–Crippen LogP) is 2.87. The van der Waals surface area contributed by atoms with Gasteiger partial charge in [0.25, 0.3) is 0 Å². The summed E-state index contributed by atoms with van der Waals surface area (Å²) in [4.78, 5) is 4.64. The van der Waals surface area contributed by atoms with Gasteiger partial charge in [-0.2, -0.15) is 0 Å². The van der Waals surface area contributed by atoms with Gasteiger partial charge in [-0.05, 0) is 78.4 Å². The van der Waals surface area contributed by atoms with Gasteiger partial charge in [-0.3, -0.25) is 0 Å². The third kappa shape index (κ3) is 6.71. The fraction of sp³-hybridized carbons (Fsp3) is 0.625. The molecule has 0 radical (unpaired) electrons. The summed E-state index contributed by atoms with van der Waals surface area (Å²) in [5.74, 6) is 0. The zero-order valence-corrected chi connectivity index (χ0v) is 14.0. The molecule has 0 heterocycles. The molecule has 0 spiro atoms. The number of nitrogens with one attached hydrogen (secondary N) is 1. The lowest BCUT2D eigenvalue weighted by molar-refractivity contribution is 0.286. The molecule has 114 valence electrons. The predicted molar refractivity (Wildman–Crippen MR) is 88.5 cm³/mol. The van der Waals surface area contributed by atoms with Gasteiger partial charge in [0.15, 0.2) is 0 Å². The summed E-state index contributed by atoms with van der Waals surface area (Å²) in [7, 11) is 8.46. The van der Waals surface area contributed by atoms with Gasteiger partial charge in [0.05, 0.1) is 0 Å². The van der Waals surface area contributed by atoms with Crippen LogP contribution in [-0.4, -0.2) is 57.6 Å². The number of nitrogens with zero attached hydrogens (tertiary/aromatic N) is 2. The molecule has 4 heteroatoms. The van der Waals surface area contributed by atoms with Crippen LogP contribution < -0.4 is 5.32 Å². The molecule has 1 atom stereocenters. The molecule has 1 unspecified atom stereocenters. The molecule has 0 amide bonds. The Morgan fingerprint density at radius 1 is 1.05 bits per heavy atom. The fourth-order valence-corrected chi connectivity index (χ4v) is 2.42. The Hall–Kier alpha value is -0.610. The molecular weight excluding hydrogens is 270 g/mol. The number of rotatable bonds is 9. The van der Waals surface area contributed by atoms with Crippen molar-refractivity contribution in [2.45, 2.75) is 18.9 Å². The van der Waals surface area contributed by atoms with E-state index in [0.717, 1.165) is 31.1 Å². The summed E-state index contributed by atoms with van der Waals surface area (Å²) in [6, 6.07) is 8.53. The molecule has 0 aliphatic rings. The van der Waals surface area contributed by atoms with Crippen molar-refractivity contribution in [3.05, 3.63) is 34.9 Å². The van der Waals surface area contributed by atoms with Gasteiger partial charge >= 0.3 is 0 Å². The summed E-state index contributed by atoms with van der Waals surface area (Å²) in [6.45, 7) is 3.40. The van der Waals surface area contributed by atoms with E-state index in [4.69, 9.17) is 11.6 Å². The van der Waals surface area contributed by atoms with Gasteiger partial charge in [-0.15, -0.1) is 0 Å². The van der Waals surface area contributed by atoms with E-state index in [9.17, 15) is 0 Å². The van der Waals surface area contributed by atoms with E-state index in [1.165, 1.54) is 12.0 Å². The minimum atomic E-state index is 0.392. The molecule has 0 fully saturated rings. The Bertz CT molecular complexity index is 364. The van der Waals surface area contributed by atoms with E-state index in [-0.39, 0.29) is 0 Å². The van der Waals surface area contributed by atoms with Crippen LogP contribution >= 0.6 is 11.6 Å². The smallest absolute Gasteiger partial charge is 0.0406 e. The Kier molecular flexibility index (Phi) is 8.15. The summed E-state index contributed by atoms with van der Waals surface area (Å²) >= 11 is 5.94. The maximum absolute atomic E-state index is 5.94. The third-order valence-corrected chi connectivity index (χ3v) is 3.82. The minimum absolute atomic E-state index is 0.392. The summed E-state index contributed by atoms with van der Waals surface area (Å²) < 4.78 is 0. The lowest BCUT2D eigenvalue weighted by Crippen LogP contribution is -2.28. The van der Waals surface area contributed by atoms with Crippen molar-refractivity contribution in [1.82, 2.24) is 15.1 Å². The Morgan fingerprint density at radius 3 is 2.25 bits per heavy atom. The summed E-state index contributed by atoms with van der Waals surface area (Å²) in [5, 5.41) is 4.19. The Balaban J connectivity index is 2.35. The van der Waals surface area contributed by atoms with E-state index in [1.54, 1.807) is 0 Å². The average molecular weight is 298 g/mol. The largest absolute Gasteiger partial charge is 0.313 e. The molecule has 1 N–H and O–H groups in total. The highest BCUT2D eigenvalue weighted by molar-refractivity contribution is 6.30. The second kappa shape index (κ2) is 9.35. The van der Waals surface area contributed by atoms with E-state index in [2.05, 4.69) is 48.4 Å². The lowest BCUT2D eigenvalue weighted by atomic mass is 10.0. The molecule has 1 rings (SSSR count). The van der Waals surface area contributed by atoms with Gasteiger partial charge in [-0.25, -0.2) is 0 Å². The number of halogens is 1. The van der Waals surface area contributed by atoms with E-state index in [1.807, 2.05) is 19.2 Å². The highest BCUT2D eigenvalue weighted by Gasteiger charge is 2.10. The van der Waals surface area contributed by atoms with Crippen LogP contribution in [0.5, 0.6) is 0 Å². The van der Waals surface area contributed by atoms with E-state index >= 15 is 0 Å². The van der Waals surface area contributed by atoms with Crippen LogP contribution in [0.4, 0.5) is 0 Å². The second-order valence-electron chi connectivity index (χ2n) is 5.64. The highest BCUT2D eigenvalue weighted by Crippen LogP contribution is 2.19. The average Bonchev–Trinajstić information content (AvgIpc) is 2.41. The van der Waals surface area contributed by atoms with Crippen LogP contribution in [0.3, 0.4) is 0 Å². The SMILES string of the molecule is CNC(CCN(C)CCCN(C)C)c1ccc(Cl)cc1. The van der Waals surface area contributed by atoms with Crippen molar-refractivity contribution in [3.8, 4) is 0 Å². The van der Waals surface area contributed by atoms with Gasteiger partial charge in [0, 0.05) is 11.1 Å². The normalized spacial score (nSPS) is 13.2. The first kappa shape index (κ1) is 17.4. The number of hydrogen-bond acceptors (Lipinski definition) is 3. The maximum Gasteiger partial charge on any atom is 0.0406 e. The van der Waals surface area contributed by atoms with Crippen molar-refractivity contribution in [1.29, 1.82) is 0 Å². The van der Waals surface area contributed by atoms with Crippen LogP contribution in [0.15, 0.2) is 24.3 Å². The van der Waals surface area contributed by atoms with E-state index in [0.29, 0.717) is 6.04 Å². The second-order valence-corrected chi connectivity index (χ2v) is 6.08. The number of benzene rings is 1. The van der Waals surface area contributed by atoms with Crippen molar-refractivity contribution in [3.63, 3.8) is 0 Å². The first-order valence-corrected chi connectivity index (χ1v) is 7.66. The first-order valence-electron chi connectivity index (χ1n) is 7.29. The van der Waals surface area contributed by atoms with Gasteiger partial charge < -0.3 is 15.1 Å². The minimum Gasteiger partial charge on any atom is -0.313 e. The third-order valence-electron chi connectivity index (χ3n) is 3.57. The molecule has 0 saturated heterocycles. The van der Waals surface area contributed by atoms with Crippen molar-refractivity contribution in [2.24, 2.45) is 0 Å². The summed E-state index contributed by atoms with van der Waals surface area (Å²) in [6.07, 6.45) is 2.32. The van der Waals surface area contributed by atoms with Gasteiger partial charge in [0.1, 0.15) is 0 Å². The molecule has 3 nitrogen and oxygen atoms in total. The van der Waals surface area contributed by atoms with Crippen LogP contribution in [0.1, 0.15) is 24.4 Å². The quantitative estimate of drug-likeness (QED) is 0.756. The van der Waals surface area contributed by atoms with Crippen LogP contribution in [-0.2, 0) is 0 Å². The molecule has 1 aromatic rings. The molecular formula is C16H28ClN3. The zero-order valence-electron chi connectivity index (χ0n) is 13.2. The van der Waals surface area contributed by atoms with Crippen LogP contribution in [0.25, 0.3) is 0 Å². The standard InChI is InChI=1S/C16H28ClN3/c1-18-16(14-6-8-15(17)9-7-14)10-13-20(4)12-5-11-19(2)3/h6-9,16,18H,5,10-13H2,1-4H3. The van der Waals surface area contributed by atoms with Crippen molar-refractivity contribution < 1.29 is 0 Å². The lowest BCUT2D eigenvalue weighted by Gasteiger charge is -2.22. The van der Waals surface area contributed by atoms with Crippen LogP contribution in [0, 0.1) is 0 Å². The molecule has 0 aromatic heterocycles. The Labute approximate surface area is 128 Å². The summed E-state index contributed by atoms with van der Waals surface area (Å²) in [5.41, 5.74) is 1.30. The maximum atomic E-state index is 5.94. The molecule has 0 aliphatic heterocycles. The topological polar surface area (TPSA) is 18.5 Å². The van der Waals surface area contributed by atoms with E-state index < -0.39 is 0 Å². The van der Waals surface area contributed by atoms with Crippen molar-refractivity contribution >= 4 is 11.6 Å². The Morgan fingerprint density at radius 2 is 1.70 bits per heavy atom. The highest BCUT2D eigenvalue weighted by atomic mass is 35.5. The van der Waals surface area contributed by atoms with Gasteiger partial charge in [0.2, 0.25) is 0 Å². The first-order chi connectivity index (χ1) is 9.52. The van der Waals surface area contributed by atoms with Gasteiger partial charge in [-0.1, -0.05) is 23.7 Å². The zero-order chi connectivity index (χ0) is 15.0. The molecule has 20 heavy (non-hydrogen) atoms. The van der Waals surface area contributed by atoms with Crippen molar-refractivity contribution in [2.75, 3.05) is 47.8 Å². The van der Waals surface area contributed by atoms with Crippen LogP contribution in [0.2, 0.25) is 5.02 Å². The molecule has 0 aliphatic carbocycles. The monoisotopic (exact) mass is 297 g/mol. The molecule has 0 bridgehead atoms. The molecule has 0 saturated carbocycles. The molecule has 1 aromatic carbocycles. The fourth-order valence-electron chi connectivity index (χ4n) is 2.29. The number of hydrogen-bond donors (Lipinski definition) is 1.